The fourth-order valence-electron chi connectivity index (χ4n) is 3.67. The third-order valence-corrected chi connectivity index (χ3v) is 5.09. The third kappa shape index (κ3) is 3.08. The van der Waals surface area contributed by atoms with E-state index in [0.29, 0.717) is 17.9 Å². The number of pyridine rings is 1. The maximum Gasteiger partial charge on any atom is 0.278 e. The molecule has 0 saturated carbocycles. The number of rotatable bonds is 3. The molecule has 0 unspecified atom stereocenters. The first-order valence-corrected chi connectivity index (χ1v) is 9.37. The summed E-state index contributed by atoms with van der Waals surface area (Å²) in [6, 6.07) is 19.5. The van der Waals surface area contributed by atoms with Crippen LogP contribution in [0.5, 0.6) is 0 Å². The van der Waals surface area contributed by atoms with Crippen LogP contribution in [-0.4, -0.2) is 27.2 Å². The van der Waals surface area contributed by atoms with E-state index in [9.17, 15) is 9.18 Å². The standard InChI is InChI=1S/C23H17FN4O/c24-18-7-9-19(10-8-18)28-22(17-5-3-12-25-15-17)14-20(26-28)23(29)27-13-11-16-4-1-2-6-21(16)27/h1-10,12,14-15H,11,13H2. The molecule has 0 atom stereocenters. The number of halogens is 1. The van der Waals surface area contributed by atoms with E-state index in [0.717, 1.165) is 28.9 Å². The molecule has 0 saturated heterocycles. The predicted molar refractivity (Wildman–Crippen MR) is 109 cm³/mol. The summed E-state index contributed by atoms with van der Waals surface area (Å²) in [6.07, 6.45) is 4.24. The van der Waals surface area contributed by atoms with Gasteiger partial charge in [-0.25, -0.2) is 9.07 Å². The number of fused-ring (bicyclic) bond motifs is 1. The van der Waals surface area contributed by atoms with Crippen LogP contribution < -0.4 is 4.90 Å². The van der Waals surface area contributed by atoms with Crippen LogP contribution in [0.1, 0.15) is 16.1 Å². The number of anilines is 1. The first-order chi connectivity index (χ1) is 14.2. The molecule has 0 N–H and O–H groups in total. The maximum atomic E-state index is 13.4. The molecule has 142 valence electrons. The summed E-state index contributed by atoms with van der Waals surface area (Å²) < 4.78 is 15.1. The minimum Gasteiger partial charge on any atom is -0.306 e. The lowest BCUT2D eigenvalue weighted by atomic mass is 10.1. The summed E-state index contributed by atoms with van der Waals surface area (Å²) in [5.74, 6) is -0.477. The highest BCUT2D eigenvalue weighted by molar-refractivity contribution is 6.06. The van der Waals surface area contributed by atoms with Gasteiger partial charge < -0.3 is 4.90 Å². The number of hydrogen-bond donors (Lipinski definition) is 0. The Hall–Kier alpha value is -3.80. The normalized spacial score (nSPS) is 12.8. The molecular weight excluding hydrogens is 367 g/mol. The number of carbonyl (C=O) groups is 1. The molecule has 3 heterocycles. The predicted octanol–water partition coefficient (Wildman–Crippen LogP) is 4.28. The van der Waals surface area contributed by atoms with Crippen LogP contribution in [0.4, 0.5) is 10.1 Å². The average molecular weight is 384 g/mol. The lowest BCUT2D eigenvalue weighted by Crippen LogP contribution is -2.29. The van der Waals surface area contributed by atoms with E-state index in [-0.39, 0.29) is 11.7 Å². The summed E-state index contributed by atoms with van der Waals surface area (Å²) in [5.41, 5.74) is 4.64. The van der Waals surface area contributed by atoms with Crippen molar-refractivity contribution in [3.8, 4) is 16.9 Å². The topological polar surface area (TPSA) is 51.0 Å². The van der Waals surface area contributed by atoms with E-state index in [4.69, 9.17) is 0 Å². The fraction of sp³-hybridized carbons (Fsp3) is 0.0870. The first-order valence-electron chi connectivity index (χ1n) is 9.37. The Morgan fingerprint density at radius 3 is 2.62 bits per heavy atom. The van der Waals surface area contributed by atoms with E-state index in [1.165, 1.54) is 12.1 Å². The Labute approximate surface area is 167 Å². The number of nitrogens with zero attached hydrogens (tertiary/aromatic N) is 4. The second kappa shape index (κ2) is 6.98. The summed E-state index contributed by atoms with van der Waals surface area (Å²) in [7, 11) is 0. The minimum absolute atomic E-state index is 0.152. The van der Waals surface area contributed by atoms with Gasteiger partial charge in [0.25, 0.3) is 5.91 Å². The highest BCUT2D eigenvalue weighted by Gasteiger charge is 2.28. The Kier molecular flexibility index (Phi) is 4.17. The summed E-state index contributed by atoms with van der Waals surface area (Å²) in [5, 5.41) is 4.58. The zero-order chi connectivity index (χ0) is 19.8. The Morgan fingerprint density at radius 1 is 1.00 bits per heavy atom. The molecule has 0 aliphatic carbocycles. The fourth-order valence-corrected chi connectivity index (χ4v) is 3.67. The largest absolute Gasteiger partial charge is 0.306 e. The van der Waals surface area contributed by atoms with Gasteiger partial charge in [-0.1, -0.05) is 18.2 Å². The van der Waals surface area contributed by atoms with Crippen LogP contribution in [-0.2, 0) is 6.42 Å². The lowest BCUT2D eigenvalue weighted by Gasteiger charge is -2.15. The number of benzene rings is 2. The average Bonchev–Trinajstić information content (AvgIpc) is 3.39. The molecule has 0 radical (unpaired) electrons. The Bertz CT molecular complexity index is 1190. The van der Waals surface area contributed by atoms with Gasteiger partial charge in [-0.3, -0.25) is 9.78 Å². The molecule has 4 aromatic rings. The number of para-hydroxylation sites is 1. The number of amides is 1. The van der Waals surface area contributed by atoms with E-state index >= 15 is 0 Å². The molecule has 0 fully saturated rings. The van der Waals surface area contributed by atoms with Gasteiger partial charge in [-0.05, 0) is 60.5 Å². The molecule has 5 nitrogen and oxygen atoms in total. The highest BCUT2D eigenvalue weighted by atomic mass is 19.1. The molecule has 5 rings (SSSR count). The zero-order valence-electron chi connectivity index (χ0n) is 15.5. The van der Waals surface area contributed by atoms with Crippen LogP contribution in [0.3, 0.4) is 0 Å². The van der Waals surface area contributed by atoms with Crippen LogP contribution in [0.2, 0.25) is 0 Å². The molecule has 0 bridgehead atoms. The van der Waals surface area contributed by atoms with Crippen LogP contribution in [0.25, 0.3) is 16.9 Å². The Morgan fingerprint density at radius 2 is 1.83 bits per heavy atom. The van der Waals surface area contributed by atoms with Crippen LogP contribution >= 0.6 is 0 Å². The van der Waals surface area contributed by atoms with Crippen molar-refractivity contribution in [1.82, 2.24) is 14.8 Å². The second-order valence-corrected chi connectivity index (χ2v) is 6.88. The quantitative estimate of drug-likeness (QED) is 0.530. The van der Waals surface area contributed by atoms with Gasteiger partial charge in [0, 0.05) is 30.2 Å². The van der Waals surface area contributed by atoms with Crippen molar-refractivity contribution in [1.29, 1.82) is 0 Å². The lowest BCUT2D eigenvalue weighted by molar-refractivity contribution is 0.0984. The molecular formula is C23H17FN4O. The van der Waals surface area contributed by atoms with Gasteiger partial charge >= 0.3 is 0 Å². The summed E-state index contributed by atoms with van der Waals surface area (Å²) in [4.78, 5) is 19.2. The van der Waals surface area contributed by atoms with Crippen LogP contribution in [0.15, 0.2) is 79.1 Å². The van der Waals surface area contributed by atoms with Crippen molar-refractivity contribution in [2.45, 2.75) is 6.42 Å². The maximum absolute atomic E-state index is 13.4. The molecule has 2 aromatic carbocycles. The van der Waals surface area contributed by atoms with Crippen molar-refractivity contribution >= 4 is 11.6 Å². The van der Waals surface area contributed by atoms with Crippen LogP contribution in [0, 0.1) is 5.82 Å². The van der Waals surface area contributed by atoms with Gasteiger partial charge in [0.2, 0.25) is 0 Å². The number of carbonyl (C=O) groups excluding carboxylic acids is 1. The van der Waals surface area contributed by atoms with Crippen molar-refractivity contribution in [3.05, 3.63) is 96.2 Å². The molecule has 6 heteroatoms. The third-order valence-electron chi connectivity index (χ3n) is 5.09. The molecule has 29 heavy (non-hydrogen) atoms. The smallest absolute Gasteiger partial charge is 0.278 e. The molecule has 2 aromatic heterocycles. The molecule has 1 aliphatic heterocycles. The first kappa shape index (κ1) is 17.3. The zero-order valence-corrected chi connectivity index (χ0v) is 15.5. The van der Waals surface area contributed by atoms with Crippen molar-refractivity contribution < 1.29 is 9.18 Å². The van der Waals surface area contributed by atoms with Crippen molar-refractivity contribution in [2.24, 2.45) is 0 Å². The van der Waals surface area contributed by atoms with Crippen molar-refractivity contribution in [3.63, 3.8) is 0 Å². The summed E-state index contributed by atoms with van der Waals surface area (Å²) in [6.45, 7) is 0.629. The SMILES string of the molecule is O=C(c1cc(-c2cccnc2)n(-c2ccc(F)cc2)n1)N1CCc2ccccc21. The molecule has 0 spiro atoms. The van der Waals surface area contributed by atoms with Gasteiger partial charge in [-0.15, -0.1) is 0 Å². The van der Waals surface area contributed by atoms with Gasteiger partial charge in [0.15, 0.2) is 5.69 Å². The van der Waals surface area contributed by atoms with E-state index in [1.807, 2.05) is 36.4 Å². The van der Waals surface area contributed by atoms with E-state index in [1.54, 1.807) is 40.2 Å². The number of hydrogen-bond acceptors (Lipinski definition) is 3. The molecule has 1 amide bonds. The Balaban J connectivity index is 1.60. The van der Waals surface area contributed by atoms with E-state index < -0.39 is 0 Å². The minimum atomic E-state index is -0.325. The van der Waals surface area contributed by atoms with Gasteiger partial charge in [0.05, 0.1) is 11.4 Å². The molecule has 1 aliphatic rings. The summed E-state index contributed by atoms with van der Waals surface area (Å²) >= 11 is 0. The number of aromatic nitrogens is 3. The van der Waals surface area contributed by atoms with Gasteiger partial charge in [-0.2, -0.15) is 5.10 Å². The monoisotopic (exact) mass is 384 g/mol. The van der Waals surface area contributed by atoms with E-state index in [2.05, 4.69) is 10.1 Å². The highest BCUT2D eigenvalue weighted by Crippen LogP contribution is 2.30. The van der Waals surface area contributed by atoms with Crippen molar-refractivity contribution in [2.75, 3.05) is 11.4 Å². The van der Waals surface area contributed by atoms with Gasteiger partial charge in [0.1, 0.15) is 5.82 Å². The second-order valence-electron chi connectivity index (χ2n) is 6.88.